The Bertz CT molecular complexity index is 540. The molecule has 2 aliphatic heterocycles. The third-order valence-corrected chi connectivity index (χ3v) is 5.47. The molecule has 1 amide bonds. The van der Waals surface area contributed by atoms with Crippen LogP contribution in [0.5, 0.6) is 0 Å². The number of hydrogen-bond donors (Lipinski definition) is 1. The quantitative estimate of drug-likeness (QED) is 0.801. The zero-order valence-corrected chi connectivity index (χ0v) is 14.8. The summed E-state index contributed by atoms with van der Waals surface area (Å²) in [7, 11) is 0. The molecule has 3 nitrogen and oxygen atoms in total. The topological polar surface area (TPSA) is 32.3 Å². The number of unbranched alkanes of at least 4 members (excludes halogenated alkanes) is 1. The molecule has 2 bridgehead atoms. The Hall–Kier alpha value is -1.61. The van der Waals surface area contributed by atoms with Crippen LogP contribution in [-0.4, -0.2) is 35.5 Å². The van der Waals surface area contributed by atoms with Crippen molar-refractivity contribution in [3.63, 3.8) is 0 Å². The molecule has 1 aromatic carbocycles. The summed E-state index contributed by atoms with van der Waals surface area (Å²) in [5.41, 5.74) is 1.07. The number of amides is 1. The average Bonchev–Trinajstić information content (AvgIpc) is 2.59. The van der Waals surface area contributed by atoms with Crippen molar-refractivity contribution in [2.24, 2.45) is 0 Å². The maximum atomic E-state index is 12.2. The van der Waals surface area contributed by atoms with Gasteiger partial charge >= 0.3 is 0 Å². The number of piperidine rings is 2. The van der Waals surface area contributed by atoms with E-state index in [1.54, 1.807) is 6.08 Å². The summed E-state index contributed by atoms with van der Waals surface area (Å²) >= 11 is 0. The molecule has 2 unspecified atom stereocenters. The Balaban J connectivity index is 1.53. The largest absolute Gasteiger partial charge is 0.350 e. The molecule has 130 valence electrons. The summed E-state index contributed by atoms with van der Waals surface area (Å²) in [4.78, 5) is 15.0. The first kappa shape index (κ1) is 17.2. The van der Waals surface area contributed by atoms with Crippen LogP contribution in [0, 0.1) is 0 Å². The van der Waals surface area contributed by atoms with Gasteiger partial charge in [0.25, 0.3) is 0 Å². The van der Waals surface area contributed by atoms with Gasteiger partial charge in [0, 0.05) is 24.2 Å². The van der Waals surface area contributed by atoms with Crippen molar-refractivity contribution in [3.05, 3.63) is 42.0 Å². The molecule has 0 radical (unpaired) electrons. The van der Waals surface area contributed by atoms with Gasteiger partial charge in [-0.3, -0.25) is 9.69 Å². The first-order valence-corrected chi connectivity index (χ1v) is 9.55. The lowest BCUT2D eigenvalue weighted by atomic mass is 9.81. The van der Waals surface area contributed by atoms with E-state index in [1.165, 1.54) is 38.6 Å². The Morgan fingerprint density at radius 3 is 2.58 bits per heavy atom. The first-order chi connectivity index (χ1) is 11.8. The predicted molar refractivity (Wildman–Crippen MR) is 99.7 cm³/mol. The molecule has 2 fully saturated rings. The number of nitrogens with one attached hydrogen (secondary N) is 1. The number of carbonyl (C=O) groups is 1. The first-order valence-electron chi connectivity index (χ1n) is 9.55. The second-order valence-corrected chi connectivity index (χ2v) is 7.25. The monoisotopic (exact) mass is 326 g/mol. The van der Waals surface area contributed by atoms with Crippen molar-refractivity contribution in [3.8, 4) is 0 Å². The van der Waals surface area contributed by atoms with Crippen LogP contribution >= 0.6 is 0 Å². The normalized spacial score (nSPS) is 27.3. The van der Waals surface area contributed by atoms with Crippen molar-refractivity contribution in [1.82, 2.24) is 10.2 Å². The molecule has 2 atom stereocenters. The van der Waals surface area contributed by atoms with Crippen LogP contribution in [0.1, 0.15) is 57.4 Å². The van der Waals surface area contributed by atoms with E-state index in [2.05, 4.69) is 17.1 Å². The van der Waals surface area contributed by atoms with Gasteiger partial charge in [-0.25, -0.2) is 0 Å². The van der Waals surface area contributed by atoms with Crippen LogP contribution in [0.2, 0.25) is 0 Å². The van der Waals surface area contributed by atoms with Crippen molar-refractivity contribution in [2.45, 2.75) is 70.0 Å². The lowest BCUT2D eigenvalue weighted by molar-refractivity contribution is -0.118. The van der Waals surface area contributed by atoms with Crippen molar-refractivity contribution in [2.75, 3.05) is 6.54 Å². The maximum absolute atomic E-state index is 12.2. The summed E-state index contributed by atoms with van der Waals surface area (Å²) < 4.78 is 0. The van der Waals surface area contributed by atoms with Gasteiger partial charge in [0.15, 0.2) is 0 Å². The average molecular weight is 326 g/mol. The van der Waals surface area contributed by atoms with Crippen LogP contribution in [0.3, 0.4) is 0 Å². The molecule has 3 rings (SSSR count). The molecule has 0 saturated carbocycles. The molecule has 2 heterocycles. The standard InChI is InChI=1S/C21H30N2O/c1-2-3-14-23-19-10-7-11-20(23)16-18(15-19)22-21(24)13-12-17-8-5-4-6-9-17/h4-6,8-9,12-13,18-20H,2-3,7,10-11,14-16H2,1H3,(H,22,24)/b13-12+. The summed E-state index contributed by atoms with van der Waals surface area (Å²) in [5.74, 6) is 0.0453. The molecule has 0 spiro atoms. The van der Waals surface area contributed by atoms with E-state index < -0.39 is 0 Å². The lowest BCUT2D eigenvalue weighted by Crippen LogP contribution is -2.56. The van der Waals surface area contributed by atoms with E-state index in [9.17, 15) is 4.79 Å². The Labute approximate surface area is 146 Å². The molecular formula is C21H30N2O. The molecule has 24 heavy (non-hydrogen) atoms. The van der Waals surface area contributed by atoms with Crippen LogP contribution in [0.25, 0.3) is 6.08 Å². The van der Waals surface area contributed by atoms with Gasteiger partial charge in [0.05, 0.1) is 0 Å². The van der Waals surface area contributed by atoms with Crippen LogP contribution in [0.4, 0.5) is 0 Å². The van der Waals surface area contributed by atoms with Gasteiger partial charge in [0.1, 0.15) is 0 Å². The highest BCUT2D eigenvalue weighted by Gasteiger charge is 2.37. The SMILES string of the molecule is CCCCN1C2CCCC1CC(NC(=O)/C=C/c1ccccc1)C2. The van der Waals surface area contributed by atoms with E-state index in [4.69, 9.17) is 0 Å². The molecule has 2 saturated heterocycles. The Morgan fingerprint density at radius 2 is 1.92 bits per heavy atom. The molecular weight excluding hydrogens is 296 g/mol. The van der Waals surface area contributed by atoms with Gasteiger partial charge in [0.2, 0.25) is 5.91 Å². The number of fused-ring (bicyclic) bond motifs is 2. The van der Waals surface area contributed by atoms with E-state index >= 15 is 0 Å². The van der Waals surface area contributed by atoms with Crippen molar-refractivity contribution < 1.29 is 4.79 Å². The summed E-state index contributed by atoms with van der Waals surface area (Å²) in [5, 5.41) is 3.24. The molecule has 0 aliphatic carbocycles. The minimum atomic E-state index is 0.0453. The summed E-state index contributed by atoms with van der Waals surface area (Å²) in [6.07, 6.45) is 12.3. The van der Waals surface area contributed by atoms with Crippen LogP contribution in [-0.2, 0) is 4.79 Å². The van der Waals surface area contributed by atoms with Crippen molar-refractivity contribution >= 4 is 12.0 Å². The van der Waals surface area contributed by atoms with Gasteiger partial charge in [-0.2, -0.15) is 0 Å². The third-order valence-electron chi connectivity index (χ3n) is 5.47. The van der Waals surface area contributed by atoms with Gasteiger partial charge in [-0.1, -0.05) is 50.1 Å². The van der Waals surface area contributed by atoms with E-state index in [0.717, 1.165) is 18.4 Å². The fraction of sp³-hybridized carbons (Fsp3) is 0.571. The molecule has 2 aliphatic rings. The number of hydrogen-bond acceptors (Lipinski definition) is 2. The summed E-state index contributed by atoms with van der Waals surface area (Å²) in [6, 6.07) is 11.7. The number of rotatable bonds is 6. The van der Waals surface area contributed by atoms with Gasteiger partial charge < -0.3 is 5.32 Å². The van der Waals surface area contributed by atoms with E-state index in [-0.39, 0.29) is 5.91 Å². The van der Waals surface area contributed by atoms with E-state index in [1.807, 2.05) is 36.4 Å². The lowest BCUT2D eigenvalue weighted by Gasteiger charge is -2.49. The Morgan fingerprint density at radius 1 is 1.21 bits per heavy atom. The zero-order chi connectivity index (χ0) is 16.8. The minimum Gasteiger partial charge on any atom is -0.350 e. The molecule has 3 heteroatoms. The van der Waals surface area contributed by atoms with Crippen LogP contribution < -0.4 is 5.32 Å². The minimum absolute atomic E-state index is 0.0453. The highest BCUT2D eigenvalue weighted by atomic mass is 16.1. The third kappa shape index (κ3) is 4.47. The highest BCUT2D eigenvalue weighted by molar-refractivity contribution is 5.91. The van der Waals surface area contributed by atoms with Gasteiger partial charge in [-0.05, 0) is 50.3 Å². The molecule has 1 aromatic rings. The zero-order valence-electron chi connectivity index (χ0n) is 14.8. The predicted octanol–water partition coefficient (Wildman–Crippen LogP) is 4.00. The fourth-order valence-electron chi connectivity index (χ4n) is 4.29. The van der Waals surface area contributed by atoms with Gasteiger partial charge in [-0.15, -0.1) is 0 Å². The number of nitrogens with zero attached hydrogens (tertiary/aromatic N) is 1. The molecule has 0 aromatic heterocycles. The van der Waals surface area contributed by atoms with E-state index in [0.29, 0.717) is 18.1 Å². The number of benzene rings is 1. The maximum Gasteiger partial charge on any atom is 0.244 e. The Kier molecular flexibility index (Phi) is 6.08. The van der Waals surface area contributed by atoms with Crippen LogP contribution in [0.15, 0.2) is 36.4 Å². The number of carbonyl (C=O) groups excluding carboxylic acids is 1. The fourth-order valence-corrected chi connectivity index (χ4v) is 4.29. The molecule has 1 N–H and O–H groups in total. The second kappa shape index (κ2) is 8.48. The van der Waals surface area contributed by atoms with Crippen molar-refractivity contribution in [1.29, 1.82) is 0 Å². The summed E-state index contributed by atoms with van der Waals surface area (Å²) in [6.45, 7) is 3.50. The highest BCUT2D eigenvalue weighted by Crippen LogP contribution is 2.34. The second-order valence-electron chi connectivity index (χ2n) is 7.25. The smallest absolute Gasteiger partial charge is 0.244 e.